The SMILES string of the molecule is COc1cccc(CCCNC(=O)N2CCC(C(C)O)CC2)c1. The number of aliphatic hydroxyl groups is 1. The average Bonchev–Trinajstić information content (AvgIpc) is 2.58. The van der Waals surface area contributed by atoms with Crippen LogP contribution in [0, 0.1) is 5.92 Å². The fourth-order valence-electron chi connectivity index (χ4n) is 3.01. The number of carbonyl (C=O) groups excluding carboxylic acids is 1. The van der Waals surface area contributed by atoms with Crippen molar-refractivity contribution >= 4 is 6.03 Å². The molecule has 0 spiro atoms. The monoisotopic (exact) mass is 320 g/mol. The highest BCUT2D eigenvalue weighted by molar-refractivity contribution is 5.74. The van der Waals surface area contributed by atoms with Crippen molar-refractivity contribution in [2.75, 3.05) is 26.7 Å². The van der Waals surface area contributed by atoms with Crippen molar-refractivity contribution in [1.82, 2.24) is 10.2 Å². The van der Waals surface area contributed by atoms with Crippen LogP contribution in [0.1, 0.15) is 31.7 Å². The molecule has 1 fully saturated rings. The molecule has 1 aromatic rings. The van der Waals surface area contributed by atoms with E-state index in [4.69, 9.17) is 4.74 Å². The van der Waals surface area contributed by atoms with E-state index < -0.39 is 0 Å². The summed E-state index contributed by atoms with van der Waals surface area (Å²) in [6.07, 6.45) is 3.32. The maximum Gasteiger partial charge on any atom is 0.317 e. The third kappa shape index (κ3) is 5.43. The zero-order valence-corrected chi connectivity index (χ0v) is 14.1. The molecule has 1 unspecified atom stereocenters. The molecule has 1 heterocycles. The van der Waals surface area contributed by atoms with Gasteiger partial charge in [0.25, 0.3) is 0 Å². The lowest BCUT2D eigenvalue weighted by molar-refractivity contribution is 0.0798. The van der Waals surface area contributed by atoms with Gasteiger partial charge in [0.1, 0.15) is 5.75 Å². The second kappa shape index (κ2) is 8.77. The number of methoxy groups -OCH3 is 1. The zero-order valence-electron chi connectivity index (χ0n) is 14.1. The van der Waals surface area contributed by atoms with E-state index in [-0.39, 0.29) is 12.1 Å². The molecule has 1 aromatic carbocycles. The van der Waals surface area contributed by atoms with E-state index in [2.05, 4.69) is 11.4 Å². The number of carbonyl (C=O) groups is 1. The highest BCUT2D eigenvalue weighted by Gasteiger charge is 2.24. The molecule has 0 saturated carbocycles. The molecule has 1 atom stereocenters. The smallest absolute Gasteiger partial charge is 0.317 e. The molecule has 1 aliphatic rings. The minimum atomic E-state index is -0.275. The van der Waals surface area contributed by atoms with Crippen molar-refractivity contribution in [2.45, 2.75) is 38.7 Å². The number of aliphatic hydroxyl groups excluding tert-OH is 1. The first-order valence-corrected chi connectivity index (χ1v) is 8.44. The summed E-state index contributed by atoms with van der Waals surface area (Å²) in [5.41, 5.74) is 1.22. The third-order valence-electron chi connectivity index (χ3n) is 4.56. The Morgan fingerprint density at radius 1 is 1.43 bits per heavy atom. The number of urea groups is 1. The maximum absolute atomic E-state index is 12.1. The fraction of sp³-hybridized carbons (Fsp3) is 0.611. The molecule has 5 nitrogen and oxygen atoms in total. The number of hydrogen-bond donors (Lipinski definition) is 2. The van der Waals surface area contributed by atoms with Crippen LogP contribution in [0.4, 0.5) is 4.79 Å². The van der Waals surface area contributed by atoms with E-state index in [9.17, 15) is 9.90 Å². The molecule has 1 aliphatic heterocycles. The highest BCUT2D eigenvalue weighted by atomic mass is 16.5. The number of amides is 2. The number of nitrogens with zero attached hydrogens (tertiary/aromatic N) is 1. The molecule has 2 amide bonds. The number of ether oxygens (including phenoxy) is 1. The van der Waals surface area contributed by atoms with Crippen LogP contribution in [0.3, 0.4) is 0 Å². The van der Waals surface area contributed by atoms with Gasteiger partial charge in [0.2, 0.25) is 0 Å². The Labute approximate surface area is 138 Å². The van der Waals surface area contributed by atoms with Gasteiger partial charge in [-0.3, -0.25) is 0 Å². The van der Waals surface area contributed by atoms with Crippen LogP contribution in [0.25, 0.3) is 0 Å². The molecule has 0 bridgehead atoms. The molecule has 1 saturated heterocycles. The highest BCUT2D eigenvalue weighted by Crippen LogP contribution is 2.20. The standard InChI is InChI=1S/C18H28N2O3/c1-14(21)16-8-11-20(12-9-16)18(22)19-10-4-6-15-5-3-7-17(13-15)23-2/h3,5,7,13-14,16,21H,4,6,8-12H2,1-2H3,(H,19,22). The topological polar surface area (TPSA) is 61.8 Å². The van der Waals surface area contributed by atoms with Gasteiger partial charge in [-0.25, -0.2) is 4.79 Å². The second-order valence-electron chi connectivity index (χ2n) is 6.25. The molecule has 5 heteroatoms. The summed E-state index contributed by atoms with van der Waals surface area (Å²) < 4.78 is 5.21. The quantitative estimate of drug-likeness (QED) is 0.791. The summed E-state index contributed by atoms with van der Waals surface area (Å²) in [7, 11) is 1.67. The van der Waals surface area contributed by atoms with Crippen molar-refractivity contribution in [2.24, 2.45) is 5.92 Å². The summed E-state index contributed by atoms with van der Waals surface area (Å²) in [6.45, 7) is 3.97. The normalized spacial score (nSPS) is 16.9. The molecular weight excluding hydrogens is 292 g/mol. The Bertz CT molecular complexity index is 497. The van der Waals surface area contributed by atoms with Crippen molar-refractivity contribution in [3.8, 4) is 5.75 Å². The van der Waals surface area contributed by atoms with Crippen molar-refractivity contribution < 1.29 is 14.6 Å². The number of nitrogens with one attached hydrogen (secondary N) is 1. The van der Waals surface area contributed by atoms with E-state index >= 15 is 0 Å². The Hall–Kier alpha value is -1.75. The lowest BCUT2D eigenvalue weighted by atomic mass is 9.92. The molecule has 128 valence electrons. The lowest BCUT2D eigenvalue weighted by Crippen LogP contribution is -2.46. The summed E-state index contributed by atoms with van der Waals surface area (Å²) in [4.78, 5) is 14.0. The van der Waals surface area contributed by atoms with E-state index in [0.717, 1.165) is 44.5 Å². The van der Waals surface area contributed by atoms with Gasteiger partial charge in [0.15, 0.2) is 0 Å². The van der Waals surface area contributed by atoms with E-state index in [0.29, 0.717) is 12.5 Å². The fourth-order valence-corrected chi connectivity index (χ4v) is 3.01. The predicted molar refractivity (Wildman–Crippen MR) is 90.7 cm³/mol. The van der Waals surface area contributed by atoms with Gasteiger partial charge < -0.3 is 20.1 Å². The second-order valence-corrected chi connectivity index (χ2v) is 6.25. The van der Waals surface area contributed by atoms with E-state index in [1.807, 2.05) is 30.0 Å². The van der Waals surface area contributed by atoms with Gasteiger partial charge in [-0.2, -0.15) is 0 Å². The van der Waals surface area contributed by atoms with Gasteiger partial charge in [0, 0.05) is 19.6 Å². The Morgan fingerprint density at radius 3 is 2.83 bits per heavy atom. The minimum absolute atomic E-state index is 0.0136. The van der Waals surface area contributed by atoms with E-state index in [1.54, 1.807) is 7.11 Å². The van der Waals surface area contributed by atoms with Crippen LogP contribution in [-0.2, 0) is 6.42 Å². The largest absolute Gasteiger partial charge is 0.497 e. The van der Waals surface area contributed by atoms with Crippen LogP contribution >= 0.6 is 0 Å². The maximum atomic E-state index is 12.1. The van der Waals surface area contributed by atoms with Crippen LogP contribution in [0.15, 0.2) is 24.3 Å². The summed E-state index contributed by atoms with van der Waals surface area (Å²) in [5.74, 6) is 1.19. The number of aryl methyl sites for hydroxylation is 1. The number of likely N-dealkylation sites (tertiary alicyclic amines) is 1. The van der Waals surface area contributed by atoms with E-state index in [1.165, 1.54) is 5.56 Å². The number of piperidine rings is 1. The Balaban J connectivity index is 1.65. The first-order valence-electron chi connectivity index (χ1n) is 8.44. The molecular formula is C18H28N2O3. The Morgan fingerprint density at radius 2 is 2.17 bits per heavy atom. The summed E-state index contributed by atoms with van der Waals surface area (Å²) in [5, 5.41) is 12.6. The molecule has 0 radical (unpaired) electrons. The third-order valence-corrected chi connectivity index (χ3v) is 4.56. The number of rotatable bonds is 6. The molecule has 2 rings (SSSR count). The molecule has 2 N–H and O–H groups in total. The minimum Gasteiger partial charge on any atom is -0.497 e. The summed E-state index contributed by atoms with van der Waals surface area (Å²) >= 11 is 0. The van der Waals surface area contributed by atoms with Crippen molar-refractivity contribution in [3.63, 3.8) is 0 Å². The van der Waals surface area contributed by atoms with Gasteiger partial charge in [-0.1, -0.05) is 12.1 Å². The zero-order chi connectivity index (χ0) is 16.7. The van der Waals surface area contributed by atoms with Crippen molar-refractivity contribution in [1.29, 1.82) is 0 Å². The number of hydrogen-bond acceptors (Lipinski definition) is 3. The average molecular weight is 320 g/mol. The molecule has 0 aliphatic carbocycles. The van der Waals surface area contributed by atoms with Gasteiger partial charge in [-0.05, 0) is 56.2 Å². The van der Waals surface area contributed by atoms with Crippen LogP contribution in [0.2, 0.25) is 0 Å². The Kier molecular flexibility index (Phi) is 6.71. The van der Waals surface area contributed by atoms with Gasteiger partial charge in [-0.15, -0.1) is 0 Å². The first-order chi connectivity index (χ1) is 11.1. The first kappa shape index (κ1) is 17.6. The predicted octanol–water partition coefficient (Wildman–Crippen LogP) is 2.43. The van der Waals surface area contributed by atoms with Crippen molar-refractivity contribution in [3.05, 3.63) is 29.8 Å². The molecule has 23 heavy (non-hydrogen) atoms. The van der Waals surface area contributed by atoms with Crippen LogP contribution in [0.5, 0.6) is 5.75 Å². The van der Waals surface area contributed by atoms with Crippen LogP contribution < -0.4 is 10.1 Å². The van der Waals surface area contributed by atoms with Gasteiger partial charge >= 0.3 is 6.03 Å². The summed E-state index contributed by atoms with van der Waals surface area (Å²) in [6, 6.07) is 8.04. The molecule has 0 aromatic heterocycles. The lowest BCUT2D eigenvalue weighted by Gasteiger charge is -2.33. The number of benzene rings is 1. The van der Waals surface area contributed by atoms with Crippen LogP contribution in [-0.4, -0.2) is 48.9 Å². The van der Waals surface area contributed by atoms with Gasteiger partial charge in [0.05, 0.1) is 13.2 Å².